The van der Waals surface area contributed by atoms with Crippen molar-refractivity contribution in [2.45, 2.75) is 45.3 Å². The average molecular weight is 303 g/mol. The molecule has 0 N–H and O–H groups in total. The second-order valence-corrected chi connectivity index (χ2v) is 6.85. The molecule has 1 fully saturated rings. The fourth-order valence-electron chi connectivity index (χ4n) is 2.21. The fraction of sp³-hybridized carbons (Fsp3) is 0.500. The lowest BCUT2D eigenvalue weighted by atomic mass is 10.2. The Balaban J connectivity index is 1.66. The molecule has 112 valence electrons. The topological polar surface area (TPSA) is 38.2 Å². The minimum atomic E-state index is 0.197. The first-order valence-corrected chi connectivity index (χ1v) is 8.23. The number of rotatable bonds is 6. The monoisotopic (exact) mass is 303 g/mol. The predicted molar refractivity (Wildman–Crippen MR) is 86.2 cm³/mol. The first kappa shape index (κ1) is 14.3. The van der Waals surface area contributed by atoms with Crippen LogP contribution in [0.25, 0.3) is 0 Å². The van der Waals surface area contributed by atoms with Crippen LogP contribution in [0.15, 0.2) is 24.3 Å². The zero-order valence-electron chi connectivity index (χ0n) is 12.7. The highest BCUT2D eigenvalue weighted by molar-refractivity contribution is 7.15. The standard InChI is InChI=1S/C16H21N3OS/c1-11(2)20-14-6-4-5-12(9-14)10-19(3)16-18-17-15(21-16)13-7-8-13/h4-6,9,11,13H,7-8,10H2,1-3H3. The second kappa shape index (κ2) is 6.02. The van der Waals surface area contributed by atoms with E-state index in [2.05, 4.69) is 34.3 Å². The van der Waals surface area contributed by atoms with Gasteiger partial charge in [0.2, 0.25) is 5.13 Å². The van der Waals surface area contributed by atoms with Gasteiger partial charge in [-0.3, -0.25) is 0 Å². The Hall–Kier alpha value is -1.62. The van der Waals surface area contributed by atoms with E-state index in [1.807, 2.05) is 26.0 Å². The molecule has 0 bridgehead atoms. The summed E-state index contributed by atoms with van der Waals surface area (Å²) in [6, 6.07) is 8.25. The maximum Gasteiger partial charge on any atom is 0.208 e. The third-order valence-electron chi connectivity index (χ3n) is 3.37. The van der Waals surface area contributed by atoms with Crippen LogP contribution in [0.3, 0.4) is 0 Å². The van der Waals surface area contributed by atoms with Crippen LogP contribution in [0.1, 0.15) is 43.2 Å². The molecule has 1 aliphatic rings. The maximum atomic E-state index is 5.74. The van der Waals surface area contributed by atoms with Gasteiger partial charge >= 0.3 is 0 Å². The van der Waals surface area contributed by atoms with Gasteiger partial charge in [0.05, 0.1) is 6.10 Å². The van der Waals surface area contributed by atoms with Gasteiger partial charge in [0.15, 0.2) is 0 Å². The number of hydrogen-bond acceptors (Lipinski definition) is 5. The third kappa shape index (κ3) is 3.73. The molecule has 21 heavy (non-hydrogen) atoms. The minimum Gasteiger partial charge on any atom is -0.491 e. The zero-order chi connectivity index (χ0) is 14.8. The summed E-state index contributed by atoms with van der Waals surface area (Å²) in [6.07, 6.45) is 2.74. The molecule has 0 radical (unpaired) electrons. The lowest BCUT2D eigenvalue weighted by Gasteiger charge is -2.16. The number of nitrogens with zero attached hydrogens (tertiary/aromatic N) is 3. The molecule has 1 heterocycles. The molecule has 0 spiro atoms. The van der Waals surface area contributed by atoms with E-state index in [9.17, 15) is 0 Å². The van der Waals surface area contributed by atoms with Crippen molar-refractivity contribution in [1.29, 1.82) is 0 Å². The SMILES string of the molecule is CC(C)Oc1cccc(CN(C)c2nnc(C3CC3)s2)c1. The molecule has 5 heteroatoms. The van der Waals surface area contributed by atoms with E-state index in [0.717, 1.165) is 17.4 Å². The van der Waals surface area contributed by atoms with Crippen LogP contribution < -0.4 is 9.64 Å². The summed E-state index contributed by atoms with van der Waals surface area (Å²) in [4.78, 5) is 2.15. The molecule has 4 nitrogen and oxygen atoms in total. The number of benzene rings is 1. The highest BCUT2D eigenvalue weighted by Crippen LogP contribution is 2.42. The Morgan fingerprint density at radius 1 is 1.33 bits per heavy atom. The number of anilines is 1. The summed E-state index contributed by atoms with van der Waals surface area (Å²) in [7, 11) is 2.06. The molecule has 0 unspecified atom stereocenters. The van der Waals surface area contributed by atoms with E-state index < -0.39 is 0 Å². The smallest absolute Gasteiger partial charge is 0.208 e. The molecule has 0 atom stereocenters. The predicted octanol–water partition coefficient (Wildman–Crippen LogP) is 3.84. The number of hydrogen-bond donors (Lipinski definition) is 0. The van der Waals surface area contributed by atoms with Crippen LogP contribution >= 0.6 is 11.3 Å². The van der Waals surface area contributed by atoms with E-state index in [0.29, 0.717) is 5.92 Å². The normalized spacial score (nSPS) is 14.5. The Morgan fingerprint density at radius 3 is 2.86 bits per heavy atom. The van der Waals surface area contributed by atoms with Gasteiger partial charge in [-0.05, 0) is 44.4 Å². The number of ether oxygens (including phenoxy) is 1. The molecule has 1 aliphatic carbocycles. The van der Waals surface area contributed by atoms with Crippen molar-refractivity contribution < 1.29 is 4.74 Å². The summed E-state index contributed by atoms with van der Waals surface area (Å²) in [5, 5.41) is 10.8. The highest BCUT2D eigenvalue weighted by Gasteiger charge is 2.28. The molecule has 0 amide bonds. The lowest BCUT2D eigenvalue weighted by molar-refractivity contribution is 0.242. The van der Waals surface area contributed by atoms with Gasteiger partial charge in [0, 0.05) is 19.5 Å². The lowest BCUT2D eigenvalue weighted by Crippen LogP contribution is -2.16. The van der Waals surface area contributed by atoms with Gasteiger partial charge in [0.1, 0.15) is 10.8 Å². The van der Waals surface area contributed by atoms with E-state index in [-0.39, 0.29) is 6.10 Å². The van der Waals surface area contributed by atoms with E-state index in [1.54, 1.807) is 11.3 Å². The largest absolute Gasteiger partial charge is 0.491 e. The molecule has 0 saturated heterocycles. The molecular weight excluding hydrogens is 282 g/mol. The van der Waals surface area contributed by atoms with Crippen molar-refractivity contribution in [2.75, 3.05) is 11.9 Å². The van der Waals surface area contributed by atoms with E-state index in [4.69, 9.17) is 4.74 Å². The molecule has 1 aromatic carbocycles. The van der Waals surface area contributed by atoms with Gasteiger partial charge in [0.25, 0.3) is 0 Å². The Bertz CT molecular complexity index is 607. The van der Waals surface area contributed by atoms with Gasteiger partial charge in [-0.2, -0.15) is 0 Å². The second-order valence-electron chi connectivity index (χ2n) is 5.87. The molecule has 1 aromatic heterocycles. The van der Waals surface area contributed by atoms with Crippen molar-refractivity contribution >= 4 is 16.5 Å². The van der Waals surface area contributed by atoms with Gasteiger partial charge in [-0.15, -0.1) is 10.2 Å². The first-order chi connectivity index (χ1) is 10.1. The summed E-state index contributed by atoms with van der Waals surface area (Å²) in [5.41, 5.74) is 1.22. The molecule has 0 aliphatic heterocycles. The maximum absolute atomic E-state index is 5.74. The van der Waals surface area contributed by atoms with Crippen molar-refractivity contribution in [2.24, 2.45) is 0 Å². The summed E-state index contributed by atoms with van der Waals surface area (Å²) in [6.45, 7) is 4.90. The van der Waals surface area contributed by atoms with Gasteiger partial charge in [-0.25, -0.2) is 0 Å². The zero-order valence-corrected chi connectivity index (χ0v) is 13.6. The van der Waals surface area contributed by atoms with Crippen molar-refractivity contribution in [3.8, 4) is 5.75 Å². The molecule has 1 saturated carbocycles. The third-order valence-corrected chi connectivity index (χ3v) is 4.57. The first-order valence-electron chi connectivity index (χ1n) is 7.42. The van der Waals surface area contributed by atoms with Crippen molar-refractivity contribution in [3.63, 3.8) is 0 Å². The van der Waals surface area contributed by atoms with Crippen LogP contribution in [-0.4, -0.2) is 23.3 Å². The van der Waals surface area contributed by atoms with Gasteiger partial charge in [-0.1, -0.05) is 23.5 Å². The van der Waals surface area contributed by atoms with Gasteiger partial charge < -0.3 is 9.64 Å². The Morgan fingerprint density at radius 2 is 2.14 bits per heavy atom. The van der Waals surface area contributed by atoms with Crippen molar-refractivity contribution in [1.82, 2.24) is 10.2 Å². The van der Waals surface area contributed by atoms with Crippen LogP contribution in [0, 0.1) is 0 Å². The molecule has 3 rings (SSSR count). The van der Waals surface area contributed by atoms with Crippen LogP contribution in [-0.2, 0) is 6.54 Å². The quantitative estimate of drug-likeness (QED) is 0.812. The molecular formula is C16H21N3OS. The van der Waals surface area contributed by atoms with Crippen LogP contribution in [0.5, 0.6) is 5.75 Å². The summed E-state index contributed by atoms with van der Waals surface area (Å²) in [5.74, 6) is 1.60. The van der Waals surface area contributed by atoms with E-state index >= 15 is 0 Å². The van der Waals surface area contributed by atoms with Crippen LogP contribution in [0.2, 0.25) is 0 Å². The minimum absolute atomic E-state index is 0.197. The van der Waals surface area contributed by atoms with E-state index in [1.165, 1.54) is 23.4 Å². The molecule has 2 aromatic rings. The highest BCUT2D eigenvalue weighted by atomic mass is 32.1. The number of aromatic nitrogens is 2. The summed E-state index contributed by atoms with van der Waals surface area (Å²) < 4.78 is 5.74. The Kier molecular flexibility index (Phi) is 4.10. The summed E-state index contributed by atoms with van der Waals surface area (Å²) >= 11 is 1.72. The average Bonchev–Trinajstić information content (AvgIpc) is 3.16. The van der Waals surface area contributed by atoms with Crippen LogP contribution in [0.4, 0.5) is 5.13 Å². The fourth-order valence-corrected chi connectivity index (χ4v) is 3.18. The Labute approximate surface area is 129 Å². The van der Waals surface area contributed by atoms with Crippen molar-refractivity contribution in [3.05, 3.63) is 34.8 Å².